The van der Waals surface area contributed by atoms with Gasteiger partial charge in [0.05, 0.1) is 38.9 Å². The number of halogens is 1. The summed E-state index contributed by atoms with van der Waals surface area (Å²) in [5, 5.41) is 3.42. The number of amides is 3. The van der Waals surface area contributed by atoms with Crippen LogP contribution in [0.15, 0.2) is 30.3 Å². The maximum absolute atomic E-state index is 14.1. The molecule has 4 atom stereocenters. The Morgan fingerprint density at radius 2 is 1.71 bits per heavy atom. The van der Waals surface area contributed by atoms with Crippen molar-refractivity contribution in [3.63, 3.8) is 0 Å². The molecule has 0 radical (unpaired) electrons. The number of rotatable bonds is 4. The lowest BCUT2D eigenvalue weighted by molar-refractivity contribution is -0.135. The van der Waals surface area contributed by atoms with Gasteiger partial charge in [0.15, 0.2) is 11.5 Å². The Bertz CT molecular complexity index is 1270. The number of nitrogens with zero attached hydrogens (tertiary/aromatic N) is 2. The van der Waals surface area contributed by atoms with Crippen LogP contribution in [0.4, 0.5) is 11.4 Å². The number of hydrogen-bond acceptors (Lipinski definition) is 7. The number of carbonyl (C=O) groups is 3. The summed E-state index contributed by atoms with van der Waals surface area (Å²) in [5.41, 5.74) is 0.307. The second kappa shape index (κ2) is 7.60. The van der Waals surface area contributed by atoms with Crippen molar-refractivity contribution in [2.45, 2.75) is 24.4 Å². The van der Waals surface area contributed by atoms with Crippen molar-refractivity contribution < 1.29 is 28.6 Å². The molecule has 2 aromatic carbocycles. The van der Waals surface area contributed by atoms with Gasteiger partial charge in [-0.05, 0) is 37.6 Å². The van der Waals surface area contributed by atoms with Gasteiger partial charge in [-0.3, -0.25) is 19.3 Å². The first kappa shape index (κ1) is 22.2. The topological polar surface area (TPSA) is 97.4 Å². The van der Waals surface area contributed by atoms with Crippen LogP contribution in [0.5, 0.6) is 17.2 Å². The summed E-state index contributed by atoms with van der Waals surface area (Å²) in [6.45, 7) is 0.627. The van der Waals surface area contributed by atoms with Crippen LogP contribution in [-0.2, 0) is 19.9 Å². The van der Waals surface area contributed by atoms with Crippen LogP contribution in [0, 0.1) is 11.8 Å². The van der Waals surface area contributed by atoms with Gasteiger partial charge in [-0.1, -0.05) is 11.6 Å². The number of ether oxygens (including phenoxy) is 3. The maximum Gasteiger partial charge on any atom is 0.250 e. The number of imide groups is 1. The van der Waals surface area contributed by atoms with Gasteiger partial charge in [0.2, 0.25) is 23.5 Å². The molecule has 4 aliphatic heterocycles. The summed E-state index contributed by atoms with van der Waals surface area (Å²) < 4.78 is 16.3. The van der Waals surface area contributed by atoms with Crippen molar-refractivity contribution in [1.82, 2.24) is 4.90 Å². The van der Waals surface area contributed by atoms with Gasteiger partial charge in [-0.15, -0.1) is 0 Å². The predicted octanol–water partition coefficient (Wildman–Crippen LogP) is 2.80. The zero-order valence-corrected chi connectivity index (χ0v) is 20.2. The molecule has 4 heterocycles. The molecule has 3 fully saturated rings. The van der Waals surface area contributed by atoms with Gasteiger partial charge >= 0.3 is 0 Å². The number of nitrogens with one attached hydrogen (secondary N) is 1. The molecule has 9 nitrogen and oxygen atoms in total. The predicted molar refractivity (Wildman–Crippen MR) is 127 cm³/mol. The van der Waals surface area contributed by atoms with Gasteiger partial charge in [0.25, 0.3) is 0 Å². The molecule has 4 aliphatic rings. The Morgan fingerprint density at radius 1 is 1.00 bits per heavy atom. The molecular formula is C25H24ClN3O6. The Morgan fingerprint density at radius 3 is 2.37 bits per heavy atom. The highest BCUT2D eigenvalue weighted by molar-refractivity contribution is 6.31. The summed E-state index contributed by atoms with van der Waals surface area (Å²) >= 11 is 6.34. The minimum atomic E-state index is -1.28. The van der Waals surface area contributed by atoms with E-state index in [2.05, 4.69) is 10.2 Å². The molecule has 6 rings (SSSR count). The van der Waals surface area contributed by atoms with Crippen LogP contribution in [0.3, 0.4) is 0 Å². The lowest BCUT2D eigenvalue weighted by Crippen LogP contribution is -2.54. The lowest BCUT2D eigenvalue weighted by Gasteiger charge is -2.36. The van der Waals surface area contributed by atoms with Gasteiger partial charge in [-0.2, -0.15) is 0 Å². The Hall–Kier alpha value is -3.30. The molecule has 0 aliphatic carbocycles. The minimum absolute atomic E-state index is 0.223. The molecule has 3 saturated heterocycles. The number of benzene rings is 2. The first-order valence-corrected chi connectivity index (χ1v) is 11.8. The smallest absolute Gasteiger partial charge is 0.250 e. The SMILES string of the molecule is COc1cc(N2C(=O)[C@@H]3[C@H]4CCCN4[C@@]4(C(=O)Nc5ccc(Cl)cc54)[C@@H]3C2=O)cc(OC)c1OC. The molecule has 0 bridgehead atoms. The normalized spacial score (nSPS) is 28.9. The molecule has 2 aromatic rings. The molecule has 1 N–H and O–H groups in total. The molecule has 3 amide bonds. The summed E-state index contributed by atoms with van der Waals surface area (Å²) in [6.07, 6.45) is 1.57. The van der Waals surface area contributed by atoms with Crippen LogP contribution in [0.2, 0.25) is 5.02 Å². The Labute approximate surface area is 206 Å². The fraction of sp³-hybridized carbons (Fsp3) is 0.400. The van der Waals surface area contributed by atoms with E-state index >= 15 is 0 Å². The van der Waals surface area contributed by atoms with Crippen molar-refractivity contribution in [2.75, 3.05) is 38.1 Å². The van der Waals surface area contributed by atoms with E-state index in [1.807, 2.05) is 0 Å². The Kier molecular flexibility index (Phi) is 4.82. The highest BCUT2D eigenvalue weighted by Gasteiger charge is 2.74. The third-order valence-corrected chi connectivity index (χ3v) is 8.10. The molecule has 0 saturated carbocycles. The Balaban J connectivity index is 1.53. The largest absolute Gasteiger partial charge is 0.493 e. The molecule has 0 unspecified atom stereocenters. The zero-order valence-electron chi connectivity index (χ0n) is 19.5. The monoisotopic (exact) mass is 497 g/mol. The van der Waals surface area contributed by atoms with Crippen LogP contribution < -0.4 is 24.4 Å². The van der Waals surface area contributed by atoms with Crippen LogP contribution in [0.25, 0.3) is 0 Å². The summed E-state index contributed by atoms with van der Waals surface area (Å²) in [6, 6.07) is 8.14. The molecule has 35 heavy (non-hydrogen) atoms. The zero-order chi connectivity index (χ0) is 24.6. The summed E-state index contributed by atoms with van der Waals surface area (Å²) in [4.78, 5) is 45.0. The van der Waals surface area contributed by atoms with Crippen molar-refractivity contribution in [3.05, 3.63) is 40.9 Å². The average molecular weight is 498 g/mol. The average Bonchev–Trinajstić information content (AvgIpc) is 3.56. The van der Waals surface area contributed by atoms with E-state index in [9.17, 15) is 14.4 Å². The molecular weight excluding hydrogens is 474 g/mol. The van der Waals surface area contributed by atoms with Gasteiger partial charge in [0, 0.05) is 34.4 Å². The second-order valence-corrected chi connectivity index (χ2v) is 9.65. The lowest BCUT2D eigenvalue weighted by atomic mass is 9.75. The first-order chi connectivity index (χ1) is 16.9. The number of fused-ring (bicyclic) bond motifs is 7. The maximum atomic E-state index is 14.1. The van der Waals surface area contributed by atoms with E-state index in [0.29, 0.717) is 45.8 Å². The van der Waals surface area contributed by atoms with Crippen LogP contribution >= 0.6 is 11.6 Å². The van der Waals surface area contributed by atoms with Crippen molar-refractivity contribution >= 4 is 40.7 Å². The van der Waals surface area contributed by atoms with Crippen molar-refractivity contribution in [2.24, 2.45) is 11.8 Å². The molecule has 0 aromatic heterocycles. The van der Waals surface area contributed by atoms with Gasteiger partial charge in [-0.25, -0.2) is 4.90 Å². The summed E-state index contributed by atoms with van der Waals surface area (Å²) in [5.74, 6) is -1.56. The van der Waals surface area contributed by atoms with Gasteiger partial charge < -0.3 is 19.5 Å². The number of anilines is 2. The standard InChI is InChI=1S/C25H24ClN3O6/c1-33-17-10-13(11-18(34-2)21(17)35-3)29-22(30)19-16-5-4-8-28(16)25(20(19)23(29)31)14-9-12(26)6-7-15(14)27-24(25)32/h6-7,9-11,16,19-20H,4-5,8H2,1-3H3,(H,27,32)/t16-,19-,20+,25-/m1/s1. The van der Waals surface area contributed by atoms with Crippen molar-refractivity contribution in [1.29, 1.82) is 0 Å². The van der Waals surface area contributed by atoms with Crippen molar-refractivity contribution in [3.8, 4) is 17.2 Å². The third kappa shape index (κ3) is 2.65. The second-order valence-electron chi connectivity index (χ2n) is 9.21. The molecule has 1 spiro atoms. The van der Waals surface area contributed by atoms with Crippen LogP contribution in [0.1, 0.15) is 18.4 Å². The van der Waals surface area contributed by atoms with Crippen LogP contribution in [-0.4, -0.2) is 56.5 Å². The quantitative estimate of drug-likeness (QED) is 0.649. The minimum Gasteiger partial charge on any atom is -0.493 e. The summed E-state index contributed by atoms with van der Waals surface area (Å²) in [7, 11) is 4.42. The number of hydrogen-bond donors (Lipinski definition) is 1. The van der Waals surface area contributed by atoms with E-state index in [1.165, 1.54) is 26.2 Å². The fourth-order valence-corrected chi connectivity index (χ4v) is 6.80. The van der Waals surface area contributed by atoms with E-state index in [0.717, 1.165) is 12.8 Å². The van der Waals surface area contributed by atoms with E-state index in [4.69, 9.17) is 25.8 Å². The fourth-order valence-electron chi connectivity index (χ4n) is 6.63. The highest BCUT2D eigenvalue weighted by atomic mass is 35.5. The van der Waals surface area contributed by atoms with Gasteiger partial charge in [0.1, 0.15) is 5.54 Å². The van der Waals surface area contributed by atoms with E-state index in [1.54, 1.807) is 30.3 Å². The number of methoxy groups -OCH3 is 3. The third-order valence-electron chi connectivity index (χ3n) is 7.86. The van der Waals surface area contributed by atoms with E-state index in [-0.39, 0.29) is 17.9 Å². The van der Waals surface area contributed by atoms with E-state index < -0.39 is 23.3 Å². The number of carbonyl (C=O) groups excluding carboxylic acids is 3. The first-order valence-electron chi connectivity index (χ1n) is 11.4. The molecule has 10 heteroatoms. The highest BCUT2D eigenvalue weighted by Crippen LogP contribution is 2.61. The molecule has 182 valence electrons.